The van der Waals surface area contributed by atoms with Crippen LogP contribution in [0.4, 0.5) is 10.7 Å². The van der Waals surface area contributed by atoms with Gasteiger partial charge in [-0.1, -0.05) is 0 Å². The molecule has 0 unspecified atom stereocenters. The highest BCUT2D eigenvalue weighted by molar-refractivity contribution is 5.74. The number of hydrogen-bond acceptors (Lipinski definition) is 5. The summed E-state index contributed by atoms with van der Waals surface area (Å²) >= 11 is 0. The third kappa shape index (κ3) is 3.39. The molecule has 2 amide bonds. The summed E-state index contributed by atoms with van der Waals surface area (Å²) in [6.45, 7) is 1.96. The van der Waals surface area contributed by atoms with Crippen molar-refractivity contribution in [2.75, 3.05) is 26.0 Å². The monoisotopic (exact) mass is 312 g/mol. The van der Waals surface area contributed by atoms with Crippen LogP contribution in [0.15, 0.2) is 30.9 Å². The zero-order valence-corrected chi connectivity index (χ0v) is 13.4. The molecule has 1 aliphatic heterocycles. The predicted molar refractivity (Wildman–Crippen MR) is 86.8 cm³/mol. The summed E-state index contributed by atoms with van der Waals surface area (Å²) in [5, 5.41) is 3.21. The van der Waals surface area contributed by atoms with E-state index in [4.69, 9.17) is 0 Å². The number of nitrogens with zero attached hydrogens (tertiary/aromatic N) is 5. The number of anilines is 1. The van der Waals surface area contributed by atoms with Gasteiger partial charge >= 0.3 is 6.03 Å². The molecule has 0 spiro atoms. The van der Waals surface area contributed by atoms with Crippen molar-refractivity contribution in [3.63, 3.8) is 0 Å². The molecule has 0 fully saturated rings. The summed E-state index contributed by atoms with van der Waals surface area (Å²) in [6, 6.07) is 1.82. The minimum atomic E-state index is 0.0388. The molecule has 0 saturated heterocycles. The maximum atomic E-state index is 12.1. The molecular formula is C16H20N6O. The van der Waals surface area contributed by atoms with E-state index in [9.17, 15) is 4.79 Å². The van der Waals surface area contributed by atoms with E-state index in [1.165, 1.54) is 5.56 Å². The zero-order valence-electron chi connectivity index (χ0n) is 13.4. The number of nitrogens with one attached hydrogen (secondary N) is 1. The van der Waals surface area contributed by atoms with Gasteiger partial charge in [-0.2, -0.15) is 0 Å². The Morgan fingerprint density at radius 3 is 2.83 bits per heavy atom. The van der Waals surface area contributed by atoms with Crippen molar-refractivity contribution >= 4 is 12.0 Å². The van der Waals surface area contributed by atoms with Crippen LogP contribution in [0.25, 0.3) is 0 Å². The van der Waals surface area contributed by atoms with Crippen LogP contribution in [-0.2, 0) is 19.5 Å². The van der Waals surface area contributed by atoms with Crippen LogP contribution in [0, 0.1) is 0 Å². The number of hydrogen-bond donors (Lipinski definition) is 1. The number of pyridine rings is 1. The fourth-order valence-corrected chi connectivity index (χ4v) is 2.73. The van der Waals surface area contributed by atoms with E-state index >= 15 is 0 Å². The molecule has 2 aromatic heterocycles. The molecule has 0 atom stereocenters. The van der Waals surface area contributed by atoms with Crippen molar-refractivity contribution in [2.24, 2.45) is 0 Å². The summed E-state index contributed by atoms with van der Waals surface area (Å²) in [4.78, 5) is 28.2. The fourth-order valence-electron chi connectivity index (χ4n) is 2.73. The summed E-state index contributed by atoms with van der Waals surface area (Å²) in [5.74, 6) is 0.602. The Kier molecular flexibility index (Phi) is 4.36. The summed E-state index contributed by atoms with van der Waals surface area (Å²) < 4.78 is 0. The average molecular weight is 312 g/mol. The first-order chi connectivity index (χ1) is 11.1. The lowest BCUT2D eigenvalue weighted by Crippen LogP contribution is -2.42. The molecule has 1 N–H and O–H groups in total. The van der Waals surface area contributed by atoms with Gasteiger partial charge < -0.3 is 15.1 Å². The number of amides is 2. The van der Waals surface area contributed by atoms with E-state index in [0.717, 1.165) is 24.1 Å². The van der Waals surface area contributed by atoms with Crippen molar-refractivity contribution < 1.29 is 4.79 Å². The zero-order chi connectivity index (χ0) is 16.2. The Hall–Kier alpha value is -2.70. The van der Waals surface area contributed by atoms with Crippen LogP contribution in [0.2, 0.25) is 0 Å². The first-order valence-corrected chi connectivity index (χ1v) is 7.57. The van der Waals surface area contributed by atoms with Gasteiger partial charge in [0.05, 0.1) is 0 Å². The molecule has 0 aromatic carbocycles. The summed E-state index contributed by atoms with van der Waals surface area (Å²) in [5.41, 5.74) is 3.51. The van der Waals surface area contributed by atoms with Crippen molar-refractivity contribution in [2.45, 2.75) is 19.5 Å². The molecule has 2 aromatic rings. The third-order valence-electron chi connectivity index (χ3n) is 3.88. The molecule has 0 saturated carbocycles. The summed E-state index contributed by atoms with van der Waals surface area (Å²) in [6.07, 6.45) is 7.98. The number of carbonyl (C=O) groups excluding carboxylic acids is 1. The smallest absolute Gasteiger partial charge is 0.319 e. The normalized spacial score (nSPS) is 13.4. The Balaban J connectivity index is 1.73. The quantitative estimate of drug-likeness (QED) is 0.930. The number of fused-ring (bicyclic) bond motifs is 1. The number of urea groups is 1. The minimum absolute atomic E-state index is 0.0388. The van der Waals surface area contributed by atoms with Gasteiger partial charge in [-0.05, 0) is 29.2 Å². The van der Waals surface area contributed by atoms with Gasteiger partial charge in [0.1, 0.15) is 0 Å². The van der Waals surface area contributed by atoms with Crippen LogP contribution < -0.4 is 5.32 Å². The van der Waals surface area contributed by atoms with E-state index in [1.807, 2.05) is 17.3 Å². The Labute approximate surface area is 135 Å². The lowest BCUT2D eigenvalue weighted by atomic mass is 9.97. The molecule has 0 radical (unpaired) electrons. The maximum Gasteiger partial charge on any atom is 0.319 e. The molecule has 3 rings (SSSR count). The van der Waals surface area contributed by atoms with E-state index in [2.05, 4.69) is 20.3 Å². The predicted octanol–water partition coefficient (Wildman–Crippen LogP) is 1.52. The van der Waals surface area contributed by atoms with E-state index in [0.29, 0.717) is 19.0 Å². The Bertz CT molecular complexity index is 688. The Morgan fingerprint density at radius 2 is 2.09 bits per heavy atom. The number of rotatable bonds is 3. The van der Waals surface area contributed by atoms with Gasteiger partial charge in [-0.15, -0.1) is 0 Å². The molecule has 7 heteroatoms. The largest absolute Gasteiger partial charge is 0.350 e. The SMILES string of the molecule is CN(C)C(=O)N1CCc2c(CNc3ncccn3)cncc2C1. The van der Waals surface area contributed by atoms with E-state index in [1.54, 1.807) is 37.5 Å². The van der Waals surface area contributed by atoms with Crippen LogP contribution in [-0.4, -0.2) is 51.4 Å². The fraction of sp³-hybridized carbons (Fsp3) is 0.375. The summed E-state index contributed by atoms with van der Waals surface area (Å²) in [7, 11) is 3.55. The lowest BCUT2D eigenvalue weighted by molar-refractivity contribution is 0.165. The molecule has 7 nitrogen and oxygen atoms in total. The number of aromatic nitrogens is 3. The van der Waals surface area contributed by atoms with Crippen molar-refractivity contribution in [1.29, 1.82) is 0 Å². The molecule has 23 heavy (non-hydrogen) atoms. The van der Waals surface area contributed by atoms with Gasteiger partial charge in [-0.3, -0.25) is 4.98 Å². The molecule has 0 aliphatic carbocycles. The highest BCUT2D eigenvalue weighted by Crippen LogP contribution is 2.22. The third-order valence-corrected chi connectivity index (χ3v) is 3.88. The van der Waals surface area contributed by atoms with Gasteiger partial charge in [0.15, 0.2) is 0 Å². The standard InChI is InChI=1S/C16H20N6O/c1-21(2)16(23)22-7-4-14-12(8-17-9-13(14)11-22)10-20-15-18-5-3-6-19-15/h3,5-6,8-9H,4,7,10-11H2,1-2H3,(H,18,19,20). The maximum absolute atomic E-state index is 12.1. The van der Waals surface area contributed by atoms with Crippen molar-refractivity contribution in [1.82, 2.24) is 24.8 Å². The lowest BCUT2D eigenvalue weighted by Gasteiger charge is -2.31. The Morgan fingerprint density at radius 1 is 1.30 bits per heavy atom. The van der Waals surface area contributed by atoms with Crippen LogP contribution in [0.5, 0.6) is 0 Å². The van der Waals surface area contributed by atoms with Gasteiger partial charge in [0.25, 0.3) is 0 Å². The second kappa shape index (κ2) is 6.60. The molecule has 0 bridgehead atoms. The van der Waals surface area contributed by atoms with Crippen molar-refractivity contribution in [3.8, 4) is 0 Å². The second-order valence-corrected chi connectivity index (χ2v) is 5.71. The second-order valence-electron chi connectivity index (χ2n) is 5.71. The topological polar surface area (TPSA) is 74.2 Å². The van der Waals surface area contributed by atoms with Crippen LogP contribution in [0.3, 0.4) is 0 Å². The first-order valence-electron chi connectivity index (χ1n) is 7.57. The molecule has 3 heterocycles. The number of carbonyl (C=O) groups is 1. The van der Waals surface area contributed by atoms with Crippen LogP contribution in [0.1, 0.15) is 16.7 Å². The molecular weight excluding hydrogens is 292 g/mol. The van der Waals surface area contributed by atoms with Gasteiger partial charge in [0, 0.05) is 58.5 Å². The van der Waals surface area contributed by atoms with Gasteiger partial charge in [-0.25, -0.2) is 14.8 Å². The van der Waals surface area contributed by atoms with E-state index in [-0.39, 0.29) is 6.03 Å². The molecule has 1 aliphatic rings. The highest BCUT2D eigenvalue weighted by atomic mass is 16.2. The average Bonchev–Trinajstić information content (AvgIpc) is 2.59. The van der Waals surface area contributed by atoms with Gasteiger partial charge in [0.2, 0.25) is 5.95 Å². The first kappa shape index (κ1) is 15.2. The minimum Gasteiger partial charge on any atom is -0.350 e. The molecule has 120 valence electrons. The van der Waals surface area contributed by atoms with Crippen LogP contribution >= 0.6 is 0 Å². The highest BCUT2D eigenvalue weighted by Gasteiger charge is 2.23. The van der Waals surface area contributed by atoms with E-state index < -0.39 is 0 Å². The van der Waals surface area contributed by atoms with Crippen molar-refractivity contribution in [3.05, 3.63) is 47.5 Å².